The number of hydrogen-bond donors (Lipinski definition) is 1. The lowest BCUT2D eigenvalue weighted by molar-refractivity contribution is 0.215. The monoisotopic (exact) mass is 305 g/mol. The number of anilines is 2. The largest absolute Gasteiger partial charge is 0.339 e. The molecule has 1 N–H and O–H groups in total. The van der Waals surface area contributed by atoms with Crippen molar-refractivity contribution in [2.24, 2.45) is 0 Å². The van der Waals surface area contributed by atoms with Crippen molar-refractivity contribution in [1.82, 2.24) is 25.1 Å². The second-order valence-electron chi connectivity index (χ2n) is 4.55. The quantitative estimate of drug-likeness (QED) is 0.893. The molecule has 1 aliphatic rings. The Hall–Kier alpha value is -2.29. The fraction of sp³-hybridized carbons (Fsp3) is 0.417. The van der Waals surface area contributed by atoms with E-state index in [1.54, 1.807) is 28.9 Å². The third-order valence-corrected chi connectivity index (χ3v) is 3.80. The summed E-state index contributed by atoms with van der Waals surface area (Å²) in [6.07, 6.45) is 4.34. The van der Waals surface area contributed by atoms with E-state index in [0.717, 1.165) is 13.0 Å². The van der Waals surface area contributed by atoms with Gasteiger partial charge in [0.15, 0.2) is 0 Å². The highest BCUT2D eigenvalue weighted by Gasteiger charge is 2.20. The van der Waals surface area contributed by atoms with E-state index in [-0.39, 0.29) is 6.03 Å². The summed E-state index contributed by atoms with van der Waals surface area (Å²) in [5, 5.41) is 10.8. The second-order valence-corrected chi connectivity index (χ2v) is 5.38. The first-order valence-electron chi connectivity index (χ1n) is 6.67. The van der Waals surface area contributed by atoms with Crippen LogP contribution in [0.4, 0.5) is 15.9 Å². The van der Waals surface area contributed by atoms with Crippen molar-refractivity contribution in [2.75, 3.05) is 36.4 Å². The van der Waals surface area contributed by atoms with Gasteiger partial charge >= 0.3 is 6.03 Å². The predicted octanol–water partition coefficient (Wildman–Crippen LogP) is 1.07. The summed E-state index contributed by atoms with van der Waals surface area (Å²) in [4.78, 5) is 24.6. The maximum Gasteiger partial charge on any atom is 0.323 e. The molecule has 0 spiro atoms. The van der Waals surface area contributed by atoms with Crippen LogP contribution in [0.2, 0.25) is 0 Å². The van der Waals surface area contributed by atoms with Gasteiger partial charge in [0.25, 0.3) is 0 Å². The lowest BCUT2D eigenvalue weighted by Gasteiger charge is -2.21. The molecule has 0 unspecified atom stereocenters. The van der Waals surface area contributed by atoms with Crippen LogP contribution in [0.25, 0.3) is 0 Å². The van der Waals surface area contributed by atoms with Crippen molar-refractivity contribution < 1.29 is 4.79 Å². The van der Waals surface area contributed by atoms with E-state index in [4.69, 9.17) is 0 Å². The molecule has 1 aliphatic heterocycles. The molecule has 110 valence electrons. The molecule has 8 nitrogen and oxygen atoms in total. The van der Waals surface area contributed by atoms with Gasteiger partial charge in [-0.1, -0.05) is 11.3 Å². The third kappa shape index (κ3) is 3.43. The molecule has 2 amide bonds. The fourth-order valence-electron chi connectivity index (χ4n) is 2.17. The van der Waals surface area contributed by atoms with Crippen LogP contribution in [-0.2, 0) is 0 Å². The first-order chi connectivity index (χ1) is 10.3. The maximum atomic E-state index is 12.2. The Morgan fingerprint density at radius 2 is 2.05 bits per heavy atom. The number of aromatic nitrogens is 4. The van der Waals surface area contributed by atoms with E-state index >= 15 is 0 Å². The number of hydrogen-bond acceptors (Lipinski definition) is 7. The van der Waals surface area contributed by atoms with E-state index in [2.05, 4.69) is 30.4 Å². The molecule has 0 aliphatic carbocycles. The lowest BCUT2D eigenvalue weighted by Crippen LogP contribution is -2.38. The Morgan fingerprint density at radius 1 is 1.19 bits per heavy atom. The van der Waals surface area contributed by atoms with Gasteiger partial charge in [-0.05, 0) is 12.5 Å². The molecular weight excluding hydrogens is 290 g/mol. The molecule has 3 rings (SSSR count). The molecule has 0 aromatic carbocycles. The number of amides is 2. The number of nitrogens with zero attached hydrogens (tertiary/aromatic N) is 6. The standard InChI is InChI=1S/C12H15N7OS/c20-12(16-11-17-15-9-21-11)19-6-2-5-18(7-8-19)10-13-3-1-4-14-10/h1,3-4,9H,2,5-8H2,(H,16,17,20). The van der Waals surface area contributed by atoms with Crippen LogP contribution in [-0.4, -0.2) is 57.3 Å². The van der Waals surface area contributed by atoms with Gasteiger partial charge in [0.1, 0.15) is 5.51 Å². The Kier molecular flexibility index (Phi) is 4.20. The summed E-state index contributed by atoms with van der Waals surface area (Å²) < 4.78 is 0. The van der Waals surface area contributed by atoms with Crippen LogP contribution in [0.5, 0.6) is 0 Å². The van der Waals surface area contributed by atoms with E-state index in [1.807, 2.05) is 0 Å². The molecule has 0 atom stereocenters. The summed E-state index contributed by atoms with van der Waals surface area (Å²) in [5.74, 6) is 0.712. The van der Waals surface area contributed by atoms with Gasteiger partial charge in [0.2, 0.25) is 11.1 Å². The maximum absolute atomic E-state index is 12.2. The van der Waals surface area contributed by atoms with E-state index in [0.29, 0.717) is 30.7 Å². The minimum Gasteiger partial charge on any atom is -0.339 e. The molecule has 0 saturated carbocycles. The van der Waals surface area contributed by atoms with Gasteiger partial charge in [-0.15, -0.1) is 10.2 Å². The molecule has 9 heteroatoms. The molecule has 21 heavy (non-hydrogen) atoms. The zero-order valence-corrected chi connectivity index (χ0v) is 12.2. The van der Waals surface area contributed by atoms with Crippen molar-refractivity contribution in [3.8, 4) is 0 Å². The minimum atomic E-state index is -0.136. The molecule has 2 aromatic rings. The Balaban J connectivity index is 1.59. The molecule has 2 aromatic heterocycles. The second kappa shape index (κ2) is 6.44. The Bertz CT molecular complexity index is 577. The van der Waals surface area contributed by atoms with Crippen LogP contribution in [0.1, 0.15) is 6.42 Å². The average molecular weight is 305 g/mol. The predicted molar refractivity (Wildman–Crippen MR) is 79.4 cm³/mol. The summed E-state index contributed by atoms with van der Waals surface area (Å²) in [5.41, 5.74) is 1.59. The highest BCUT2D eigenvalue weighted by atomic mass is 32.1. The molecule has 0 radical (unpaired) electrons. The summed E-state index contributed by atoms with van der Waals surface area (Å²) in [6, 6.07) is 1.66. The highest BCUT2D eigenvalue weighted by Crippen LogP contribution is 2.13. The zero-order chi connectivity index (χ0) is 14.5. The Labute approximate surface area is 125 Å². The van der Waals surface area contributed by atoms with Crippen LogP contribution < -0.4 is 10.2 Å². The summed E-state index contributed by atoms with van der Waals surface area (Å²) in [6.45, 7) is 2.89. The van der Waals surface area contributed by atoms with Crippen LogP contribution in [0, 0.1) is 0 Å². The summed E-state index contributed by atoms with van der Waals surface area (Å²) in [7, 11) is 0. The first-order valence-corrected chi connectivity index (χ1v) is 7.55. The van der Waals surface area contributed by atoms with Crippen molar-refractivity contribution in [3.63, 3.8) is 0 Å². The topological polar surface area (TPSA) is 87.1 Å². The highest BCUT2D eigenvalue weighted by molar-refractivity contribution is 7.13. The first kappa shape index (κ1) is 13.7. The lowest BCUT2D eigenvalue weighted by atomic mass is 10.4. The van der Waals surface area contributed by atoms with Crippen molar-refractivity contribution >= 4 is 28.4 Å². The van der Waals surface area contributed by atoms with Gasteiger partial charge in [-0.3, -0.25) is 5.32 Å². The van der Waals surface area contributed by atoms with Crippen molar-refractivity contribution in [2.45, 2.75) is 6.42 Å². The molecule has 3 heterocycles. The molecule has 1 fully saturated rings. The minimum absolute atomic E-state index is 0.136. The van der Waals surface area contributed by atoms with Crippen LogP contribution >= 0.6 is 11.3 Å². The number of carbonyl (C=O) groups excluding carboxylic acids is 1. The van der Waals surface area contributed by atoms with E-state index < -0.39 is 0 Å². The average Bonchev–Trinajstić information content (AvgIpc) is 2.89. The van der Waals surface area contributed by atoms with Gasteiger partial charge in [0.05, 0.1) is 0 Å². The number of carbonyl (C=O) groups is 1. The van der Waals surface area contributed by atoms with Crippen molar-refractivity contribution in [1.29, 1.82) is 0 Å². The molecule has 1 saturated heterocycles. The van der Waals surface area contributed by atoms with Gasteiger partial charge < -0.3 is 9.80 Å². The fourth-order valence-corrected chi connectivity index (χ4v) is 2.61. The number of nitrogens with one attached hydrogen (secondary N) is 1. The summed E-state index contributed by atoms with van der Waals surface area (Å²) >= 11 is 1.31. The third-order valence-electron chi connectivity index (χ3n) is 3.19. The van der Waals surface area contributed by atoms with Crippen molar-refractivity contribution in [3.05, 3.63) is 24.0 Å². The van der Waals surface area contributed by atoms with Gasteiger partial charge in [-0.2, -0.15) is 0 Å². The van der Waals surface area contributed by atoms with Gasteiger partial charge in [0, 0.05) is 38.6 Å². The van der Waals surface area contributed by atoms with Crippen LogP contribution in [0.15, 0.2) is 24.0 Å². The number of rotatable bonds is 2. The Morgan fingerprint density at radius 3 is 2.81 bits per heavy atom. The van der Waals surface area contributed by atoms with E-state index in [9.17, 15) is 4.79 Å². The van der Waals surface area contributed by atoms with Gasteiger partial charge in [-0.25, -0.2) is 14.8 Å². The normalized spacial score (nSPS) is 15.6. The van der Waals surface area contributed by atoms with E-state index in [1.165, 1.54) is 11.3 Å². The van der Waals surface area contributed by atoms with Crippen LogP contribution in [0.3, 0.4) is 0 Å². The SMILES string of the molecule is O=C(Nc1nncs1)N1CCCN(c2ncccn2)CC1. The zero-order valence-electron chi connectivity index (χ0n) is 11.3. The molecule has 0 bridgehead atoms. The molecular formula is C12H15N7OS. The smallest absolute Gasteiger partial charge is 0.323 e. The number of urea groups is 1.